The van der Waals surface area contributed by atoms with Crippen LogP contribution in [0.25, 0.3) is 10.4 Å². The van der Waals surface area contributed by atoms with Crippen LogP contribution in [0.5, 0.6) is 0 Å². The summed E-state index contributed by atoms with van der Waals surface area (Å²) in [7, 11) is 0. The van der Waals surface area contributed by atoms with Crippen molar-refractivity contribution in [1.82, 2.24) is 5.01 Å². The molecule has 1 amide bonds. The molecule has 16 heavy (non-hydrogen) atoms. The minimum atomic E-state index is -0.488. The van der Waals surface area contributed by atoms with Crippen molar-refractivity contribution in [2.75, 3.05) is 13.2 Å². The zero-order chi connectivity index (χ0) is 11.4. The maximum absolute atomic E-state index is 11.0. The third kappa shape index (κ3) is 2.12. The number of azide groups is 1. The molecular weight excluding hydrogens is 214 g/mol. The van der Waals surface area contributed by atoms with Gasteiger partial charge in [-0.05, 0) is 22.8 Å². The van der Waals surface area contributed by atoms with Gasteiger partial charge in [0, 0.05) is 4.91 Å². The highest BCUT2D eigenvalue weighted by molar-refractivity contribution is 5.78. The van der Waals surface area contributed by atoms with Gasteiger partial charge in [0.05, 0.1) is 12.8 Å². The van der Waals surface area contributed by atoms with Gasteiger partial charge in [-0.3, -0.25) is 0 Å². The van der Waals surface area contributed by atoms with Gasteiger partial charge in [-0.2, -0.15) is 10.1 Å². The molecule has 2 rings (SSSR count). The Bertz CT molecular complexity index is 474. The van der Waals surface area contributed by atoms with Crippen LogP contribution in [0, 0.1) is 0 Å². The fourth-order valence-corrected chi connectivity index (χ4v) is 1.13. The average molecular weight is 221 g/mol. The van der Waals surface area contributed by atoms with E-state index in [4.69, 9.17) is 9.95 Å². The van der Waals surface area contributed by atoms with E-state index in [9.17, 15) is 4.79 Å². The third-order valence-corrected chi connectivity index (χ3v) is 1.82. The summed E-state index contributed by atoms with van der Waals surface area (Å²) in [6, 6.07) is 3.08. The summed E-state index contributed by atoms with van der Waals surface area (Å²) in [6.07, 6.45) is 0.862. The molecule has 8 heteroatoms. The van der Waals surface area contributed by atoms with Crippen molar-refractivity contribution in [1.29, 1.82) is 0 Å². The van der Waals surface area contributed by atoms with Gasteiger partial charge >= 0.3 is 6.09 Å². The lowest BCUT2D eigenvalue weighted by Crippen LogP contribution is -2.17. The number of hydrazone groups is 1. The zero-order valence-electron chi connectivity index (χ0n) is 8.11. The van der Waals surface area contributed by atoms with E-state index in [0.29, 0.717) is 18.9 Å². The first-order chi connectivity index (χ1) is 7.79. The number of carbonyl (C=O) groups excluding carboxylic acids is 1. The van der Waals surface area contributed by atoms with Crippen molar-refractivity contribution in [3.8, 4) is 0 Å². The Hall–Kier alpha value is -2.47. The number of rotatable bonds is 3. The standard InChI is InChI=1S/C8H7N5O3/c9-12-11-7-2-1-6(16-7)5-10-13-3-4-15-8(13)14/h1-2,5H,3-4H2/b10-5+. The van der Waals surface area contributed by atoms with E-state index < -0.39 is 6.09 Å². The van der Waals surface area contributed by atoms with E-state index in [2.05, 4.69) is 19.9 Å². The third-order valence-electron chi connectivity index (χ3n) is 1.82. The number of nitrogens with zero attached hydrogens (tertiary/aromatic N) is 5. The topological polar surface area (TPSA) is 104 Å². The van der Waals surface area contributed by atoms with E-state index in [-0.39, 0.29) is 5.88 Å². The molecule has 0 radical (unpaired) electrons. The Morgan fingerprint density at radius 2 is 2.44 bits per heavy atom. The summed E-state index contributed by atoms with van der Waals surface area (Å²) < 4.78 is 9.74. The fraction of sp³-hybridized carbons (Fsp3) is 0.250. The maximum atomic E-state index is 11.0. The van der Waals surface area contributed by atoms with Crippen molar-refractivity contribution >= 4 is 18.2 Å². The summed E-state index contributed by atoms with van der Waals surface area (Å²) in [4.78, 5) is 13.6. The van der Waals surface area contributed by atoms with Crippen LogP contribution in [0.15, 0.2) is 26.8 Å². The highest BCUT2D eigenvalue weighted by Gasteiger charge is 2.20. The van der Waals surface area contributed by atoms with E-state index >= 15 is 0 Å². The van der Waals surface area contributed by atoms with E-state index in [0.717, 1.165) is 0 Å². The largest absolute Gasteiger partial charge is 0.453 e. The van der Waals surface area contributed by atoms with Crippen LogP contribution in [0.1, 0.15) is 5.76 Å². The molecule has 2 heterocycles. The molecule has 0 aromatic carbocycles. The smallest absolute Gasteiger partial charge is 0.430 e. The molecule has 0 bridgehead atoms. The monoisotopic (exact) mass is 221 g/mol. The molecule has 0 saturated carbocycles. The number of amides is 1. The Labute approximate surface area is 89.7 Å². The lowest BCUT2D eigenvalue weighted by molar-refractivity contribution is 0.159. The van der Waals surface area contributed by atoms with Crippen molar-refractivity contribution in [2.45, 2.75) is 0 Å². The number of cyclic esters (lactones) is 1. The quantitative estimate of drug-likeness (QED) is 0.337. The van der Waals surface area contributed by atoms with E-state index in [1.54, 1.807) is 6.07 Å². The van der Waals surface area contributed by atoms with Crippen molar-refractivity contribution in [2.24, 2.45) is 10.2 Å². The van der Waals surface area contributed by atoms with Crippen LogP contribution >= 0.6 is 0 Å². The summed E-state index contributed by atoms with van der Waals surface area (Å²) in [6.45, 7) is 0.748. The molecule has 0 aliphatic carbocycles. The molecule has 8 nitrogen and oxygen atoms in total. The molecule has 1 fully saturated rings. The summed E-state index contributed by atoms with van der Waals surface area (Å²) in [5.74, 6) is 0.537. The van der Waals surface area contributed by atoms with Crippen molar-refractivity contribution in [3.63, 3.8) is 0 Å². The first kappa shape index (κ1) is 10.1. The van der Waals surface area contributed by atoms with Gasteiger partial charge in [0.2, 0.25) is 0 Å². The predicted molar refractivity (Wildman–Crippen MR) is 53.2 cm³/mol. The van der Waals surface area contributed by atoms with Crippen LogP contribution in [-0.2, 0) is 4.74 Å². The van der Waals surface area contributed by atoms with Gasteiger partial charge in [0.25, 0.3) is 0 Å². The Kier molecular flexibility index (Phi) is 2.75. The van der Waals surface area contributed by atoms with E-state index in [1.165, 1.54) is 17.3 Å². The van der Waals surface area contributed by atoms with Gasteiger partial charge in [0.1, 0.15) is 12.4 Å². The Balaban J connectivity index is 2.05. The minimum absolute atomic E-state index is 0.146. The van der Waals surface area contributed by atoms with Crippen LogP contribution in [-0.4, -0.2) is 30.5 Å². The van der Waals surface area contributed by atoms with Gasteiger partial charge in [-0.1, -0.05) is 0 Å². The molecule has 1 aliphatic heterocycles. The summed E-state index contributed by atoms with van der Waals surface area (Å²) in [5.41, 5.74) is 8.16. The van der Waals surface area contributed by atoms with Gasteiger partial charge < -0.3 is 9.15 Å². The fourth-order valence-electron chi connectivity index (χ4n) is 1.13. The first-order valence-electron chi connectivity index (χ1n) is 4.43. The number of furan rings is 1. The average Bonchev–Trinajstić information content (AvgIpc) is 2.86. The molecule has 0 N–H and O–H groups in total. The van der Waals surface area contributed by atoms with Crippen molar-refractivity contribution < 1.29 is 13.9 Å². The molecule has 1 aromatic rings. The summed E-state index contributed by atoms with van der Waals surface area (Å²) in [5, 5.41) is 8.30. The van der Waals surface area contributed by atoms with Crippen LogP contribution in [0.4, 0.5) is 10.7 Å². The van der Waals surface area contributed by atoms with Crippen molar-refractivity contribution in [3.05, 3.63) is 28.3 Å². The second kappa shape index (κ2) is 4.37. The highest BCUT2D eigenvalue weighted by Crippen LogP contribution is 2.15. The maximum Gasteiger partial charge on any atom is 0.430 e. The van der Waals surface area contributed by atoms with Crippen LogP contribution < -0.4 is 0 Å². The molecule has 82 valence electrons. The zero-order valence-corrected chi connectivity index (χ0v) is 8.11. The Morgan fingerprint density at radius 1 is 1.56 bits per heavy atom. The van der Waals surface area contributed by atoms with E-state index in [1.807, 2.05) is 0 Å². The minimum Gasteiger partial charge on any atom is -0.453 e. The molecule has 1 aliphatic rings. The van der Waals surface area contributed by atoms with Gasteiger partial charge in [0.15, 0.2) is 5.88 Å². The molecule has 0 unspecified atom stereocenters. The summed E-state index contributed by atoms with van der Waals surface area (Å²) >= 11 is 0. The molecular formula is C8H7N5O3. The number of hydrogen-bond donors (Lipinski definition) is 0. The number of hydrogen-bond acceptors (Lipinski definition) is 5. The van der Waals surface area contributed by atoms with Crippen LogP contribution in [0.2, 0.25) is 0 Å². The predicted octanol–water partition coefficient (Wildman–Crippen LogP) is 2.01. The first-order valence-corrected chi connectivity index (χ1v) is 4.43. The number of carbonyl (C=O) groups is 1. The molecule has 0 atom stereocenters. The van der Waals surface area contributed by atoms with Crippen LogP contribution in [0.3, 0.4) is 0 Å². The normalized spacial score (nSPS) is 15.2. The molecule has 1 aromatic heterocycles. The number of ether oxygens (including phenoxy) is 1. The SMILES string of the molecule is [N-]=[N+]=Nc1ccc(/C=N/N2CCOC2=O)o1. The second-order valence-corrected chi connectivity index (χ2v) is 2.85. The van der Waals surface area contributed by atoms with Gasteiger partial charge in [-0.25, -0.2) is 4.79 Å². The second-order valence-electron chi connectivity index (χ2n) is 2.85. The Morgan fingerprint density at radius 3 is 3.12 bits per heavy atom. The van der Waals surface area contributed by atoms with Gasteiger partial charge in [-0.15, -0.1) is 0 Å². The highest BCUT2D eigenvalue weighted by atomic mass is 16.6. The lowest BCUT2D eigenvalue weighted by Gasteiger charge is -2.01. The lowest BCUT2D eigenvalue weighted by atomic mass is 10.5. The molecule has 1 saturated heterocycles. The molecule has 0 spiro atoms.